The molecule has 0 unspecified atom stereocenters. The van der Waals surface area contributed by atoms with E-state index in [9.17, 15) is 0 Å². The predicted octanol–water partition coefficient (Wildman–Crippen LogP) is 3.40. The van der Waals surface area contributed by atoms with Crippen molar-refractivity contribution in [1.29, 1.82) is 0 Å². The summed E-state index contributed by atoms with van der Waals surface area (Å²) in [6.45, 7) is 6.30. The molecule has 0 fully saturated rings. The fourth-order valence-electron chi connectivity index (χ4n) is 1.64. The van der Waals surface area contributed by atoms with Crippen LogP contribution in [-0.2, 0) is 0 Å². The van der Waals surface area contributed by atoms with Gasteiger partial charge in [0.1, 0.15) is 5.75 Å². The molecule has 1 aromatic carbocycles. The Kier molecular flexibility index (Phi) is 6.29. The highest BCUT2D eigenvalue weighted by Crippen LogP contribution is 2.22. The summed E-state index contributed by atoms with van der Waals surface area (Å²) in [6, 6.07) is 7.61. The lowest BCUT2D eigenvalue weighted by atomic mass is 10.1. The van der Waals surface area contributed by atoms with Crippen LogP contribution >= 0.6 is 12.2 Å². The van der Waals surface area contributed by atoms with E-state index < -0.39 is 0 Å². The summed E-state index contributed by atoms with van der Waals surface area (Å²) < 4.78 is 5.25. The second kappa shape index (κ2) is 7.74. The summed E-state index contributed by atoms with van der Waals surface area (Å²) in [5.41, 5.74) is 4.77. The number of rotatable bonds is 5. The number of nitrogens with one attached hydrogen (secondary N) is 2. The van der Waals surface area contributed by atoms with Crippen LogP contribution in [0.15, 0.2) is 29.4 Å². The smallest absolute Gasteiger partial charge is 0.191 e. The van der Waals surface area contributed by atoms with Crippen molar-refractivity contribution < 1.29 is 4.74 Å². The number of hydrogen-bond acceptors (Lipinski definition) is 3. The first-order valence-electron chi connectivity index (χ1n) is 6.35. The van der Waals surface area contributed by atoms with Crippen LogP contribution in [0.5, 0.6) is 5.75 Å². The van der Waals surface area contributed by atoms with E-state index in [1.807, 2.05) is 24.3 Å². The third-order valence-corrected chi connectivity index (χ3v) is 2.88. The number of methoxy groups -OCH3 is 1. The number of hydrazone groups is 1. The molecule has 2 N–H and O–H groups in total. The van der Waals surface area contributed by atoms with Crippen molar-refractivity contribution in [3.05, 3.63) is 24.3 Å². The fraction of sp³-hybridized carbons (Fsp3) is 0.429. The lowest BCUT2D eigenvalue weighted by Gasteiger charge is -2.12. The quantitative estimate of drug-likeness (QED) is 0.492. The summed E-state index contributed by atoms with van der Waals surface area (Å²) in [6.07, 6.45) is 0.905. The molecule has 0 atom stereocenters. The van der Waals surface area contributed by atoms with Crippen LogP contribution in [0.1, 0.15) is 27.2 Å². The molecule has 0 aromatic heterocycles. The maximum Gasteiger partial charge on any atom is 0.191 e. The Labute approximate surface area is 120 Å². The molecule has 0 aliphatic rings. The summed E-state index contributed by atoms with van der Waals surface area (Å²) in [5, 5.41) is 7.84. The van der Waals surface area contributed by atoms with E-state index >= 15 is 0 Å². The summed E-state index contributed by atoms with van der Waals surface area (Å²) in [5.74, 6) is 1.15. The summed E-state index contributed by atoms with van der Waals surface area (Å²) in [7, 11) is 1.63. The van der Waals surface area contributed by atoms with Gasteiger partial charge in [-0.3, -0.25) is 5.43 Å². The molecule has 0 heterocycles. The van der Waals surface area contributed by atoms with Crippen molar-refractivity contribution in [2.45, 2.75) is 27.2 Å². The van der Waals surface area contributed by atoms with Gasteiger partial charge in [0.25, 0.3) is 0 Å². The van der Waals surface area contributed by atoms with Crippen molar-refractivity contribution in [3.8, 4) is 5.75 Å². The molecule has 0 aliphatic heterocycles. The normalized spacial score (nSPS) is 11.3. The van der Waals surface area contributed by atoms with Gasteiger partial charge in [0.05, 0.1) is 12.8 Å². The molecule has 0 bridgehead atoms. The van der Waals surface area contributed by atoms with Gasteiger partial charge in [0.15, 0.2) is 5.11 Å². The van der Waals surface area contributed by atoms with Crippen molar-refractivity contribution in [3.63, 3.8) is 0 Å². The highest BCUT2D eigenvalue weighted by Gasteiger charge is 2.05. The Morgan fingerprint density at radius 3 is 2.63 bits per heavy atom. The van der Waals surface area contributed by atoms with Gasteiger partial charge in [0.2, 0.25) is 0 Å². The highest BCUT2D eigenvalue weighted by molar-refractivity contribution is 7.80. The summed E-state index contributed by atoms with van der Waals surface area (Å²) in [4.78, 5) is 0. The molecule has 5 heteroatoms. The standard InChI is InChI=1S/C14H21N3OS/c1-5-11(10(2)3)16-17-14(19)15-12-8-6-7-9-13(12)18-4/h6-10H,5H2,1-4H3,(H2,15,17,19)/b16-11-. The molecule has 0 spiro atoms. The lowest BCUT2D eigenvalue weighted by molar-refractivity contribution is 0.417. The first kappa shape index (κ1) is 15.4. The molecule has 0 radical (unpaired) electrons. The Balaban J connectivity index is 2.65. The number of thiocarbonyl (C=S) groups is 1. The SMILES string of the molecule is CC/C(=N/NC(=S)Nc1ccccc1OC)C(C)C. The molecule has 104 valence electrons. The van der Waals surface area contributed by atoms with Crippen LogP contribution in [0, 0.1) is 5.92 Å². The minimum atomic E-state index is 0.409. The number of hydrogen-bond donors (Lipinski definition) is 2. The van der Waals surface area contributed by atoms with Gasteiger partial charge in [-0.05, 0) is 36.7 Å². The van der Waals surface area contributed by atoms with Crippen LogP contribution < -0.4 is 15.5 Å². The molecule has 1 aromatic rings. The topological polar surface area (TPSA) is 45.7 Å². The Hall–Kier alpha value is -1.62. The van der Waals surface area contributed by atoms with Gasteiger partial charge in [-0.2, -0.15) is 5.10 Å². The molecule has 4 nitrogen and oxygen atoms in total. The van der Waals surface area contributed by atoms with E-state index in [1.54, 1.807) is 7.11 Å². The van der Waals surface area contributed by atoms with Gasteiger partial charge in [-0.1, -0.05) is 32.9 Å². The van der Waals surface area contributed by atoms with Crippen LogP contribution in [-0.4, -0.2) is 17.9 Å². The van der Waals surface area contributed by atoms with Crippen LogP contribution in [0.25, 0.3) is 0 Å². The highest BCUT2D eigenvalue weighted by atomic mass is 32.1. The Morgan fingerprint density at radius 2 is 2.05 bits per heavy atom. The molecule has 1 rings (SSSR count). The first-order valence-corrected chi connectivity index (χ1v) is 6.75. The van der Waals surface area contributed by atoms with Gasteiger partial charge >= 0.3 is 0 Å². The van der Waals surface area contributed by atoms with Crippen LogP contribution in [0.4, 0.5) is 5.69 Å². The van der Waals surface area contributed by atoms with Gasteiger partial charge in [-0.25, -0.2) is 0 Å². The molecule has 0 amide bonds. The molecule has 19 heavy (non-hydrogen) atoms. The van der Waals surface area contributed by atoms with Crippen molar-refractivity contribution in [1.82, 2.24) is 5.43 Å². The van der Waals surface area contributed by atoms with Crippen LogP contribution in [0.3, 0.4) is 0 Å². The second-order valence-corrected chi connectivity index (χ2v) is 4.79. The summed E-state index contributed by atoms with van der Waals surface area (Å²) >= 11 is 5.21. The van der Waals surface area contributed by atoms with Gasteiger partial charge < -0.3 is 10.1 Å². The molecule has 0 saturated heterocycles. The third kappa shape index (κ3) is 4.87. The molecular weight excluding hydrogens is 258 g/mol. The zero-order valence-electron chi connectivity index (χ0n) is 11.9. The first-order chi connectivity index (χ1) is 9.08. The average Bonchev–Trinajstić information content (AvgIpc) is 2.39. The van der Waals surface area contributed by atoms with Crippen molar-refractivity contribution in [2.24, 2.45) is 11.0 Å². The number of benzene rings is 1. The number of anilines is 1. The second-order valence-electron chi connectivity index (χ2n) is 4.38. The third-order valence-electron chi connectivity index (χ3n) is 2.68. The van der Waals surface area contributed by atoms with E-state index in [1.165, 1.54) is 0 Å². The zero-order chi connectivity index (χ0) is 14.3. The monoisotopic (exact) mass is 279 g/mol. The average molecular weight is 279 g/mol. The minimum absolute atomic E-state index is 0.409. The Morgan fingerprint density at radius 1 is 1.37 bits per heavy atom. The van der Waals surface area contributed by atoms with E-state index in [0.29, 0.717) is 11.0 Å². The zero-order valence-corrected chi connectivity index (χ0v) is 12.7. The van der Waals surface area contributed by atoms with E-state index in [0.717, 1.165) is 23.6 Å². The minimum Gasteiger partial charge on any atom is -0.495 e. The number of ether oxygens (including phenoxy) is 1. The van der Waals surface area contributed by atoms with E-state index in [2.05, 4.69) is 36.6 Å². The molecular formula is C14H21N3OS. The van der Waals surface area contributed by atoms with Gasteiger partial charge in [0, 0.05) is 5.71 Å². The molecule has 0 aliphatic carbocycles. The Bertz CT molecular complexity index is 458. The van der Waals surface area contributed by atoms with E-state index in [4.69, 9.17) is 17.0 Å². The number of para-hydroxylation sites is 2. The van der Waals surface area contributed by atoms with Crippen LogP contribution in [0.2, 0.25) is 0 Å². The largest absolute Gasteiger partial charge is 0.495 e. The maximum absolute atomic E-state index is 5.25. The fourth-order valence-corrected chi connectivity index (χ4v) is 1.79. The lowest BCUT2D eigenvalue weighted by Crippen LogP contribution is -2.26. The van der Waals surface area contributed by atoms with Crippen molar-refractivity contribution >= 4 is 28.7 Å². The predicted molar refractivity (Wildman–Crippen MR) is 84.9 cm³/mol. The number of nitrogens with zero attached hydrogens (tertiary/aromatic N) is 1. The van der Waals surface area contributed by atoms with Gasteiger partial charge in [-0.15, -0.1) is 0 Å². The van der Waals surface area contributed by atoms with Crippen molar-refractivity contribution in [2.75, 3.05) is 12.4 Å². The van der Waals surface area contributed by atoms with E-state index in [-0.39, 0.29) is 0 Å². The maximum atomic E-state index is 5.25. The molecule has 0 saturated carbocycles.